The minimum Gasteiger partial charge on any atom is -0.393 e. The van der Waals surface area contributed by atoms with Crippen molar-refractivity contribution in [1.82, 2.24) is 9.55 Å². The van der Waals surface area contributed by atoms with Crippen molar-refractivity contribution in [3.05, 3.63) is 89.8 Å². The molecule has 0 fully saturated rings. The Hall–Kier alpha value is -3.21. The average molecular weight is 519 g/mol. The molecule has 0 spiro atoms. The zero-order valence-corrected chi connectivity index (χ0v) is 20.6. The average Bonchev–Trinajstić information content (AvgIpc) is 3.25. The Kier molecular flexibility index (Phi) is 6.48. The van der Waals surface area contributed by atoms with E-state index in [2.05, 4.69) is 4.98 Å². The van der Waals surface area contributed by atoms with Gasteiger partial charge in [-0.15, -0.1) is 0 Å². The number of aromatic nitrogens is 2. The summed E-state index contributed by atoms with van der Waals surface area (Å²) in [4.78, 5) is 4.29. The molecule has 3 aromatic rings. The monoisotopic (exact) mass is 518 g/mol. The topological polar surface area (TPSA) is 92.4 Å². The summed E-state index contributed by atoms with van der Waals surface area (Å²) in [5, 5.41) is 20.9. The number of sulfone groups is 1. The zero-order chi connectivity index (χ0) is 26.5. The van der Waals surface area contributed by atoms with Gasteiger partial charge in [0.25, 0.3) is 0 Å². The van der Waals surface area contributed by atoms with Gasteiger partial charge in [0.2, 0.25) is 0 Å². The van der Waals surface area contributed by atoms with E-state index in [0.717, 1.165) is 23.0 Å². The lowest BCUT2D eigenvalue weighted by Crippen LogP contribution is -2.45. The Morgan fingerprint density at radius 3 is 2.33 bits per heavy atom. The SMILES string of the molecule is CC(C)(O)c1cn(C2(CO)C=CC(c3cccc(S(C)(=O)=O)c3)=CC2F)c(-c2c(F)cccc2F)n1. The van der Waals surface area contributed by atoms with Gasteiger partial charge < -0.3 is 14.8 Å². The maximum Gasteiger partial charge on any atom is 0.175 e. The summed E-state index contributed by atoms with van der Waals surface area (Å²) < 4.78 is 70.4. The number of allylic oxidation sites excluding steroid dienone is 3. The Morgan fingerprint density at radius 2 is 1.78 bits per heavy atom. The minimum atomic E-state index is -3.50. The molecule has 0 aliphatic heterocycles. The van der Waals surface area contributed by atoms with Crippen molar-refractivity contribution in [3.8, 4) is 11.4 Å². The molecule has 0 saturated carbocycles. The lowest BCUT2D eigenvalue weighted by Gasteiger charge is -2.36. The molecule has 1 aromatic heterocycles. The van der Waals surface area contributed by atoms with Gasteiger partial charge in [0.05, 0.1) is 22.8 Å². The van der Waals surface area contributed by atoms with Gasteiger partial charge in [-0.2, -0.15) is 0 Å². The second-order valence-electron chi connectivity index (χ2n) is 9.28. The summed E-state index contributed by atoms with van der Waals surface area (Å²) in [6, 6.07) is 9.23. The quantitative estimate of drug-likeness (QED) is 0.512. The van der Waals surface area contributed by atoms with Crippen LogP contribution in [-0.2, 0) is 21.0 Å². The largest absolute Gasteiger partial charge is 0.393 e. The number of hydrogen-bond acceptors (Lipinski definition) is 5. The van der Waals surface area contributed by atoms with E-state index >= 15 is 4.39 Å². The first-order chi connectivity index (χ1) is 16.8. The molecule has 1 aliphatic carbocycles. The maximum absolute atomic E-state index is 16.0. The number of hydrogen-bond donors (Lipinski definition) is 2. The summed E-state index contributed by atoms with van der Waals surface area (Å²) in [6.07, 6.45) is 4.45. The van der Waals surface area contributed by atoms with Crippen LogP contribution in [0, 0.1) is 11.6 Å². The predicted octanol–water partition coefficient (Wildman–Crippen LogP) is 4.14. The van der Waals surface area contributed by atoms with E-state index < -0.39 is 51.0 Å². The molecule has 2 unspecified atom stereocenters. The maximum atomic E-state index is 16.0. The molecule has 0 radical (unpaired) electrons. The van der Waals surface area contributed by atoms with Crippen LogP contribution in [0.3, 0.4) is 0 Å². The van der Waals surface area contributed by atoms with E-state index in [4.69, 9.17) is 0 Å². The lowest BCUT2D eigenvalue weighted by molar-refractivity contribution is 0.0730. The van der Waals surface area contributed by atoms with Gasteiger partial charge in [-0.05, 0) is 55.3 Å². The smallest absolute Gasteiger partial charge is 0.175 e. The Bertz CT molecular complexity index is 1470. The number of halogens is 3. The summed E-state index contributed by atoms with van der Waals surface area (Å²) >= 11 is 0. The van der Waals surface area contributed by atoms with E-state index in [1.165, 1.54) is 62.5 Å². The van der Waals surface area contributed by atoms with E-state index in [0.29, 0.717) is 11.1 Å². The molecule has 2 N–H and O–H groups in total. The van der Waals surface area contributed by atoms with Gasteiger partial charge >= 0.3 is 0 Å². The van der Waals surface area contributed by atoms with Crippen LogP contribution in [0.4, 0.5) is 13.2 Å². The molecule has 2 atom stereocenters. The summed E-state index contributed by atoms with van der Waals surface area (Å²) in [6.45, 7) is 2.04. The first kappa shape index (κ1) is 25.9. The highest BCUT2D eigenvalue weighted by Gasteiger charge is 2.43. The third-order valence-corrected chi connectivity index (χ3v) is 7.28. The van der Waals surface area contributed by atoms with Crippen molar-refractivity contribution >= 4 is 15.4 Å². The van der Waals surface area contributed by atoms with E-state index in [-0.39, 0.29) is 16.4 Å². The number of benzene rings is 2. The molecule has 0 amide bonds. The minimum absolute atomic E-state index is 0.0178. The number of imidazole rings is 1. The van der Waals surface area contributed by atoms with Crippen molar-refractivity contribution in [3.63, 3.8) is 0 Å². The van der Waals surface area contributed by atoms with Crippen molar-refractivity contribution in [2.24, 2.45) is 0 Å². The third-order valence-electron chi connectivity index (χ3n) is 6.17. The third kappa shape index (κ3) is 4.52. The molecule has 36 heavy (non-hydrogen) atoms. The molecule has 2 aromatic carbocycles. The van der Waals surface area contributed by atoms with E-state index in [1.54, 1.807) is 6.07 Å². The summed E-state index contributed by atoms with van der Waals surface area (Å²) in [7, 11) is -3.50. The predicted molar refractivity (Wildman–Crippen MR) is 129 cm³/mol. The number of aliphatic hydroxyl groups is 2. The van der Waals surface area contributed by atoms with Crippen LogP contribution in [0.1, 0.15) is 25.1 Å². The number of rotatable bonds is 6. The van der Waals surface area contributed by atoms with Crippen LogP contribution in [-0.4, -0.2) is 47.2 Å². The fraction of sp³-hybridized carbons (Fsp3) is 0.269. The first-order valence-corrected chi connectivity index (χ1v) is 12.9. The van der Waals surface area contributed by atoms with Crippen LogP contribution in [0.5, 0.6) is 0 Å². The molecule has 4 rings (SSSR count). The first-order valence-electron chi connectivity index (χ1n) is 11.0. The van der Waals surface area contributed by atoms with Gasteiger partial charge in [-0.25, -0.2) is 26.6 Å². The fourth-order valence-electron chi connectivity index (χ4n) is 4.09. The highest BCUT2D eigenvalue weighted by molar-refractivity contribution is 7.90. The zero-order valence-electron chi connectivity index (χ0n) is 19.8. The lowest BCUT2D eigenvalue weighted by atomic mass is 9.85. The highest BCUT2D eigenvalue weighted by atomic mass is 32.2. The molecule has 1 aliphatic rings. The molecule has 190 valence electrons. The summed E-state index contributed by atoms with van der Waals surface area (Å²) in [5.74, 6) is -2.19. The molecule has 10 heteroatoms. The second kappa shape index (κ2) is 9.02. The molecular formula is C26H25F3N2O4S. The molecular weight excluding hydrogens is 493 g/mol. The fourth-order valence-corrected chi connectivity index (χ4v) is 4.76. The van der Waals surface area contributed by atoms with Crippen molar-refractivity contribution in [1.29, 1.82) is 0 Å². The number of alkyl halides is 1. The van der Waals surface area contributed by atoms with E-state index in [1.807, 2.05) is 0 Å². The Labute approximate surface area is 207 Å². The standard InChI is InChI=1S/C26H25F3N2O4S/c1-25(2,33)22-14-31(24(30-22)23-19(27)8-5-9-20(23)28)26(15-32)11-10-17(13-21(26)29)16-6-4-7-18(12-16)36(3,34)35/h4-14,21,32-33H,15H2,1-3H3. The van der Waals surface area contributed by atoms with Crippen LogP contribution in [0.15, 0.2) is 71.8 Å². The second-order valence-corrected chi connectivity index (χ2v) is 11.3. The van der Waals surface area contributed by atoms with Gasteiger partial charge in [-0.1, -0.05) is 30.4 Å². The normalized spacial score (nSPS) is 20.4. The Morgan fingerprint density at radius 1 is 1.14 bits per heavy atom. The Balaban J connectivity index is 1.88. The van der Waals surface area contributed by atoms with Gasteiger partial charge in [-0.3, -0.25) is 0 Å². The molecule has 0 bridgehead atoms. The van der Waals surface area contributed by atoms with Crippen LogP contribution in [0.2, 0.25) is 0 Å². The van der Waals surface area contributed by atoms with Crippen LogP contribution >= 0.6 is 0 Å². The molecule has 6 nitrogen and oxygen atoms in total. The highest BCUT2D eigenvalue weighted by Crippen LogP contribution is 2.40. The van der Waals surface area contributed by atoms with Gasteiger partial charge in [0, 0.05) is 12.5 Å². The van der Waals surface area contributed by atoms with Crippen molar-refractivity contribution in [2.45, 2.75) is 36.1 Å². The molecule has 1 heterocycles. The van der Waals surface area contributed by atoms with Gasteiger partial charge in [0.1, 0.15) is 34.8 Å². The van der Waals surface area contributed by atoms with Crippen LogP contribution < -0.4 is 0 Å². The molecule has 0 saturated heterocycles. The van der Waals surface area contributed by atoms with Crippen molar-refractivity contribution < 1.29 is 31.8 Å². The summed E-state index contributed by atoms with van der Waals surface area (Å²) in [5.41, 5.74) is -3.10. The van der Waals surface area contributed by atoms with Crippen LogP contribution in [0.25, 0.3) is 17.0 Å². The van der Waals surface area contributed by atoms with Gasteiger partial charge in [0.15, 0.2) is 9.84 Å². The van der Waals surface area contributed by atoms with Crippen molar-refractivity contribution in [2.75, 3.05) is 12.9 Å². The van der Waals surface area contributed by atoms with E-state index in [9.17, 15) is 27.4 Å². The number of aliphatic hydroxyl groups excluding tert-OH is 1. The number of nitrogens with zero attached hydrogens (tertiary/aromatic N) is 2.